The van der Waals surface area contributed by atoms with Crippen molar-refractivity contribution in [2.75, 3.05) is 16.8 Å². The highest BCUT2D eigenvalue weighted by atomic mass is 16.4. The maximum atomic E-state index is 13.3. The highest BCUT2D eigenvalue weighted by Gasteiger charge is 2.21. The number of aliphatic carboxylic acids is 1. The van der Waals surface area contributed by atoms with Crippen LogP contribution in [0, 0.1) is 0 Å². The van der Waals surface area contributed by atoms with Gasteiger partial charge in [-0.3, -0.25) is 14.5 Å². The first-order chi connectivity index (χ1) is 16.5. The molecule has 0 spiro atoms. The summed E-state index contributed by atoms with van der Waals surface area (Å²) >= 11 is 0. The molecule has 4 aromatic rings. The Morgan fingerprint density at radius 2 is 1.91 bits per heavy atom. The lowest BCUT2D eigenvalue weighted by molar-refractivity contribution is -0.136. The lowest BCUT2D eigenvalue weighted by Crippen LogP contribution is -2.33. The Labute approximate surface area is 196 Å². The molecule has 174 valence electrons. The molecule has 0 aliphatic carbocycles. The zero-order valence-electron chi connectivity index (χ0n) is 18.8. The molecule has 2 aromatic heterocycles. The van der Waals surface area contributed by atoms with Gasteiger partial charge in [0.1, 0.15) is 11.6 Å². The van der Waals surface area contributed by atoms with Crippen molar-refractivity contribution in [3.8, 4) is 0 Å². The molecular weight excluding hydrogens is 432 g/mol. The number of nitrogens with one attached hydrogen (secondary N) is 1. The van der Waals surface area contributed by atoms with Gasteiger partial charge in [-0.15, -0.1) is 0 Å². The highest BCUT2D eigenvalue weighted by molar-refractivity contribution is 6.07. The van der Waals surface area contributed by atoms with Crippen molar-refractivity contribution in [3.05, 3.63) is 83.8 Å². The molecule has 4 N–H and O–H groups in total. The molecule has 0 fully saturated rings. The number of nitrogens with zero attached hydrogens (tertiary/aromatic N) is 4. The summed E-state index contributed by atoms with van der Waals surface area (Å²) in [6, 6.07) is 18.4. The summed E-state index contributed by atoms with van der Waals surface area (Å²) in [7, 11) is 1.93. The number of amides is 1. The summed E-state index contributed by atoms with van der Waals surface area (Å²) < 4.78 is 1.98. The van der Waals surface area contributed by atoms with Crippen LogP contribution in [-0.4, -0.2) is 38.1 Å². The molecule has 2 aromatic carbocycles. The van der Waals surface area contributed by atoms with E-state index in [9.17, 15) is 9.59 Å². The van der Waals surface area contributed by atoms with E-state index in [1.54, 1.807) is 36.5 Å². The van der Waals surface area contributed by atoms with Crippen molar-refractivity contribution >= 4 is 34.4 Å². The summed E-state index contributed by atoms with van der Waals surface area (Å²) in [4.78, 5) is 34.7. The Balaban J connectivity index is 1.56. The number of pyridine rings is 1. The first kappa shape index (κ1) is 22.9. The quantitative estimate of drug-likeness (QED) is 0.352. The van der Waals surface area contributed by atoms with Crippen LogP contribution in [0.1, 0.15) is 28.2 Å². The van der Waals surface area contributed by atoms with Crippen molar-refractivity contribution < 1.29 is 14.7 Å². The van der Waals surface area contributed by atoms with Gasteiger partial charge in [0, 0.05) is 37.6 Å². The monoisotopic (exact) mass is 458 g/mol. The smallest absolute Gasteiger partial charge is 0.305 e. The number of carbonyl (C=O) groups excluding carboxylic acids is 1. The molecule has 9 nitrogen and oxygen atoms in total. The van der Waals surface area contributed by atoms with E-state index in [0.29, 0.717) is 30.0 Å². The van der Waals surface area contributed by atoms with Crippen LogP contribution >= 0.6 is 0 Å². The van der Waals surface area contributed by atoms with Crippen LogP contribution in [0.25, 0.3) is 11.0 Å². The number of carbonyl (C=O) groups is 2. The number of carboxylic acid groups (broad SMARTS) is 1. The largest absolute Gasteiger partial charge is 0.481 e. The van der Waals surface area contributed by atoms with E-state index in [-0.39, 0.29) is 18.9 Å². The fraction of sp³-hybridized carbons (Fsp3) is 0.200. The Hall–Kier alpha value is -4.24. The van der Waals surface area contributed by atoms with E-state index < -0.39 is 5.97 Å². The number of benzene rings is 2. The normalized spacial score (nSPS) is 10.9. The van der Waals surface area contributed by atoms with Gasteiger partial charge in [0.15, 0.2) is 0 Å². The second kappa shape index (κ2) is 10.1. The fourth-order valence-electron chi connectivity index (χ4n) is 3.68. The minimum absolute atomic E-state index is 0.0174. The molecule has 0 radical (unpaired) electrons. The third-order valence-corrected chi connectivity index (χ3v) is 5.58. The molecule has 0 saturated heterocycles. The molecule has 0 bridgehead atoms. The molecular formula is C25H26N6O3. The van der Waals surface area contributed by atoms with Crippen LogP contribution < -0.4 is 16.0 Å². The van der Waals surface area contributed by atoms with Gasteiger partial charge in [-0.25, -0.2) is 9.97 Å². The summed E-state index contributed by atoms with van der Waals surface area (Å²) in [6.07, 6.45) is 1.39. The standard InChI is InChI=1S/C25H26N6O3/c1-30-21-10-7-18(25(34)31(13-11-24(32)33)22-4-2-3-12-27-22)14-20(21)29-23(30)16-28-19-8-5-17(15-26)6-9-19/h2-10,12,14,28H,11,13,15-16,26H2,1H3,(H,32,33). The molecule has 1 amide bonds. The molecule has 2 heterocycles. The van der Waals surface area contributed by atoms with Crippen molar-refractivity contribution in [2.45, 2.75) is 19.5 Å². The number of aryl methyl sites for hydroxylation is 1. The SMILES string of the molecule is Cn1c(CNc2ccc(CN)cc2)nc2cc(C(=O)N(CCC(=O)O)c3ccccn3)ccc21. The minimum Gasteiger partial charge on any atom is -0.481 e. The van der Waals surface area contributed by atoms with Crippen molar-refractivity contribution in [3.63, 3.8) is 0 Å². The zero-order chi connectivity index (χ0) is 24.1. The zero-order valence-corrected chi connectivity index (χ0v) is 18.8. The van der Waals surface area contributed by atoms with Gasteiger partial charge in [0.2, 0.25) is 0 Å². The van der Waals surface area contributed by atoms with Gasteiger partial charge >= 0.3 is 5.97 Å². The number of hydrogen-bond acceptors (Lipinski definition) is 6. The first-order valence-electron chi connectivity index (χ1n) is 10.9. The number of nitrogens with two attached hydrogens (primary N) is 1. The summed E-state index contributed by atoms with van der Waals surface area (Å²) in [5.74, 6) is -0.0914. The highest BCUT2D eigenvalue weighted by Crippen LogP contribution is 2.21. The topological polar surface area (TPSA) is 126 Å². The molecule has 34 heavy (non-hydrogen) atoms. The Morgan fingerprint density at radius 1 is 1.12 bits per heavy atom. The number of rotatable bonds is 9. The third kappa shape index (κ3) is 5.05. The van der Waals surface area contributed by atoms with Crippen LogP contribution in [0.3, 0.4) is 0 Å². The average Bonchev–Trinajstić information content (AvgIpc) is 3.18. The van der Waals surface area contributed by atoms with Crippen LogP contribution in [0.4, 0.5) is 11.5 Å². The second-order valence-electron chi connectivity index (χ2n) is 7.83. The molecule has 0 saturated carbocycles. The van der Waals surface area contributed by atoms with E-state index in [0.717, 1.165) is 22.6 Å². The first-order valence-corrected chi connectivity index (χ1v) is 10.9. The molecule has 4 rings (SSSR count). The third-order valence-electron chi connectivity index (χ3n) is 5.58. The number of fused-ring (bicyclic) bond motifs is 1. The number of hydrogen-bond donors (Lipinski definition) is 3. The number of imidazole rings is 1. The van der Waals surface area contributed by atoms with E-state index in [2.05, 4.69) is 10.3 Å². The molecule has 0 aliphatic rings. The van der Waals surface area contributed by atoms with Gasteiger partial charge in [0.05, 0.1) is 24.0 Å². The summed E-state index contributed by atoms with van der Waals surface area (Å²) in [5.41, 5.74) is 9.67. The predicted octanol–water partition coefficient (Wildman–Crippen LogP) is 3.16. The number of aromatic nitrogens is 3. The maximum Gasteiger partial charge on any atom is 0.305 e. The molecule has 0 aliphatic heterocycles. The minimum atomic E-state index is -0.983. The van der Waals surface area contributed by atoms with E-state index >= 15 is 0 Å². The molecule has 9 heteroatoms. The van der Waals surface area contributed by atoms with Gasteiger partial charge in [-0.05, 0) is 48.0 Å². The lowest BCUT2D eigenvalue weighted by Gasteiger charge is -2.21. The van der Waals surface area contributed by atoms with E-state index in [4.69, 9.17) is 15.8 Å². The van der Waals surface area contributed by atoms with Crippen LogP contribution in [0.2, 0.25) is 0 Å². The molecule has 0 atom stereocenters. The van der Waals surface area contributed by atoms with Gasteiger partial charge in [-0.1, -0.05) is 18.2 Å². The van der Waals surface area contributed by atoms with Gasteiger partial charge in [0.25, 0.3) is 5.91 Å². The van der Waals surface area contributed by atoms with Gasteiger partial charge in [-0.2, -0.15) is 0 Å². The maximum absolute atomic E-state index is 13.3. The Bertz CT molecular complexity index is 1300. The van der Waals surface area contributed by atoms with Crippen molar-refractivity contribution in [2.24, 2.45) is 12.8 Å². The molecule has 0 unspecified atom stereocenters. The Morgan fingerprint density at radius 3 is 2.59 bits per heavy atom. The number of anilines is 2. The van der Waals surface area contributed by atoms with Crippen LogP contribution in [0.5, 0.6) is 0 Å². The van der Waals surface area contributed by atoms with Crippen molar-refractivity contribution in [1.82, 2.24) is 14.5 Å². The lowest BCUT2D eigenvalue weighted by atomic mass is 10.1. The van der Waals surface area contributed by atoms with Crippen molar-refractivity contribution in [1.29, 1.82) is 0 Å². The second-order valence-corrected chi connectivity index (χ2v) is 7.83. The number of carboxylic acids is 1. The fourth-order valence-corrected chi connectivity index (χ4v) is 3.68. The van der Waals surface area contributed by atoms with Crippen LogP contribution in [-0.2, 0) is 24.9 Å². The summed E-state index contributed by atoms with van der Waals surface area (Å²) in [6.45, 7) is 1.03. The van der Waals surface area contributed by atoms with Gasteiger partial charge < -0.3 is 20.7 Å². The van der Waals surface area contributed by atoms with E-state index in [1.165, 1.54) is 4.90 Å². The summed E-state index contributed by atoms with van der Waals surface area (Å²) in [5, 5.41) is 12.5. The average molecular weight is 459 g/mol. The Kier molecular flexibility index (Phi) is 6.84. The van der Waals surface area contributed by atoms with E-state index in [1.807, 2.05) is 41.9 Å². The van der Waals surface area contributed by atoms with Crippen LogP contribution in [0.15, 0.2) is 66.9 Å². The predicted molar refractivity (Wildman–Crippen MR) is 131 cm³/mol.